The lowest BCUT2D eigenvalue weighted by atomic mass is 9.95. The Hall–Kier alpha value is -0.600. The van der Waals surface area contributed by atoms with Gasteiger partial charge in [-0.15, -0.1) is 11.3 Å². The number of rotatable bonds is 2. The van der Waals surface area contributed by atoms with Crippen LogP contribution < -0.4 is 5.73 Å². The fraction of sp³-hybridized carbons (Fsp3) is 0.538. The molecule has 0 aliphatic carbocycles. The Bertz CT molecular complexity index is 353. The average Bonchev–Trinajstić information content (AvgIpc) is 2.51. The van der Waals surface area contributed by atoms with Gasteiger partial charge in [-0.05, 0) is 37.5 Å². The highest BCUT2D eigenvalue weighted by atomic mass is 32.1. The lowest BCUT2D eigenvalue weighted by Gasteiger charge is -2.15. The van der Waals surface area contributed by atoms with E-state index in [1.165, 1.54) is 15.3 Å². The van der Waals surface area contributed by atoms with Crippen molar-refractivity contribution in [3.8, 4) is 0 Å². The van der Waals surface area contributed by atoms with Crippen molar-refractivity contribution in [3.05, 3.63) is 27.5 Å². The van der Waals surface area contributed by atoms with Crippen LogP contribution in [0.1, 0.15) is 44.4 Å². The van der Waals surface area contributed by atoms with Crippen LogP contribution in [0.5, 0.6) is 0 Å². The van der Waals surface area contributed by atoms with E-state index >= 15 is 0 Å². The molecule has 0 bridgehead atoms. The quantitative estimate of drug-likeness (QED) is 0.811. The summed E-state index contributed by atoms with van der Waals surface area (Å²) in [5.41, 5.74) is 7.30. The molecule has 1 aromatic rings. The SMILES string of the molecule is C/C(=C\c1ccc(C(C)(C)C)s1)C(C)N. The molecule has 1 unspecified atom stereocenters. The predicted molar refractivity (Wildman–Crippen MR) is 70.3 cm³/mol. The van der Waals surface area contributed by atoms with Gasteiger partial charge in [-0.1, -0.05) is 26.3 Å². The van der Waals surface area contributed by atoms with E-state index in [-0.39, 0.29) is 11.5 Å². The van der Waals surface area contributed by atoms with E-state index in [9.17, 15) is 0 Å². The van der Waals surface area contributed by atoms with Crippen LogP contribution in [0.3, 0.4) is 0 Å². The minimum Gasteiger partial charge on any atom is -0.324 e. The first kappa shape index (κ1) is 12.5. The molecule has 15 heavy (non-hydrogen) atoms. The lowest BCUT2D eigenvalue weighted by molar-refractivity contribution is 0.604. The molecule has 2 heteroatoms. The van der Waals surface area contributed by atoms with Crippen LogP contribution in [-0.4, -0.2) is 6.04 Å². The molecule has 0 amide bonds. The summed E-state index contributed by atoms with van der Waals surface area (Å²) in [6.07, 6.45) is 2.19. The van der Waals surface area contributed by atoms with E-state index in [1.807, 2.05) is 18.3 Å². The van der Waals surface area contributed by atoms with E-state index < -0.39 is 0 Å². The van der Waals surface area contributed by atoms with Gasteiger partial charge < -0.3 is 5.73 Å². The molecule has 0 aliphatic rings. The lowest BCUT2D eigenvalue weighted by Crippen LogP contribution is -2.15. The highest BCUT2D eigenvalue weighted by Gasteiger charge is 2.15. The third kappa shape index (κ3) is 3.47. The number of nitrogens with two attached hydrogens (primary N) is 1. The van der Waals surface area contributed by atoms with Crippen molar-refractivity contribution in [2.45, 2.75) is 46.1 Å². The fourth-order valence-corrected chi connectivity index (χ4v) is 2.27. The first-order valence-electron chi connectivity index (χ1n) is 5.35. The molecule has 0 saturated carbocycles. The van der Waals surface area contributed by atoms with E-state index in [0.29, 0.717) is 0 Å². The van der Waals surface area contributed by atoms with Crippen molar-refractivity contribution in [2.75, 3.05) is 0 Å². The zero-order valence-electron chi connectivity index (χ0n) is 10.3. The first-order chi connectivity index (χ1) is 6.80. The number of hydrogen-bond donors (Lipinski definition) is 1. The summed E-state index contributed by atoms with van der Waals surface area (Å²) >= 11 is 1.85. The molecule has 0 aliphatic heterocycles. The fourth-order valence-electron chi connectivity index (χ4n) is 1.19. The van der Waals surface area contributed by atoms with Crippen molar-refractivity contribution in [1.29, 1.82) is 0 Å². The van der Waals surface area contributed by atoms with Gasteiger partial charge in [-0.2, -0.15) is 0 Å². The van der Waals surface area contributed by atoms with Gasteiger partial charge in [0.1, 0.15) is 0 Å². The summed E-state index contributed by atoms with van der Waals surface area (Å²) < 4.78 is 0. The normalized spacial score (nSPS) is 15.5. The van der Waals surface area contributed by atoms with Gasteiger partial charge in [-0.3, -0.25) is 0 Å². The monoisotopic (exact) mass is 223 g/mol. The largest absolute Gasteiger partial charge is 0.324 e. The molecular weight excluding hydrogens is 202 g/mol. The van der Waals surface area contributed by atoms with E-state index in [0.717, 1.165) is 0 Å². The highest BCUT2D eigenvalue weighted by molar-refractivity contribution is 7.13. The Kier molecular flexibility index (Phi) is 3.74. The van der Waals surface area contributed by atoms with Crippen LogP contribution in [0.2, 0.25) is 0 Å². The van der Waals surface area contributed by atoms with Crippen molar-refractivity contribution in [3.63, 3.8) is 0 Å². The summed E-state index contributed by atoms with van der Waals surface area (Å²) in [6, 6.07) is 4.53. The average molecular weight is 223 g/mol. The summed E-state index contributed by atoms with van der Waals surface area (Å²) in [6.45, 7) is 10.8. The van der Waals surface area contributed by atoms with Crippen molar-refractivity contribution in [2.24, 2.45) is 5.73 Å². The van der Waals surface area contributed by atoms with Crippen molar-refractivity contribution >= 4 is 17.4 Å². The molecule has 0 fully saturated rings. The molecule has 1 nitrogen and oxygen atoms in total. The summed E-state index contributed by atoms with van der Waals surface area (Å²) in [5, 5.41) is 0. The predicted octanol–water partition coefficient (Wildman–Crippen LogP) is 3.80. The molecule has 2 N–H and O–H groups in total. The van der Waals surface area contributed by atoms with Gasteiger partial charge in [0.2, 0.25) is 0 Å². The van der Waals surface area contributed by atoms with Gasteiger partial charge in [0, 0.05) is 15.8 Å². The Labute approximate surface area is 97.0 Å². The molecule has 0 radical (unpaired) electrons. The smallest absolute Gasteiger partial charge is 0.0273 e. The molecular formula is C13H21NS. The molecule has 1 rings (SSSR count). The molecule has 1 aromatic heterocycles. The van der Waals surface area contributed by atoms with E-state index in [2.05, 4.69) is 45.9 Å². The Balaban J connectivity index is 2.91. The third-order valence-corrected chi connectivity index (χ3v) is 3.91. The molecule has 84 valence electrons. The van der Waals surface area contributed by atoms with Gasteiger partial charge >= 0.3 is 0 Å². The zero-order valence-corrected chi connectivity index (χ0v) is 11.1. The summed E-state index contributed by atoms with van der Waals surface area (Å²) in [7, 11) is 0. The van der Waals surface area contributed by atoms with Crippen LogP contribution in [0, 0.1) is 0 Å². The first-order valence-corrected chi connectivity index (χ1v) is 6.16. The molecule has 0 saturated heterocycles. The second-order valence-corrected chi connectivity index (χ2v) is 6.24. The van der Waals surface area contributed by atoms with Crippen molar-refractivity contribution in [1.82, 2.24) is 0 Å². The van der Waals surface area contributed by atoms with Crippen LogP contribution in [0.4, 0.5) is 0 Å². The van der Waals surface area contributed by atoms with Gasteiger partial charge in [0.05, 0.1) is 0 Å². The number of thiophene rings is 1. The standard InChI is InChI=1S/C13H21NS/c1-9(10(2)14)8-11-6-7-12(15-11)13(3,4)5/h6-8,10H,14H2,1-5H3/b9-8+. The Morgan fingerprint density at radius 3 is 2.40 bits per heavy atom. The summed E-state index contributed by atoms with van der Waals surface area (Å²) in [4.78, 5) is 2.72. The maximum absolute atomic E-state index is 5.81. The van der Waals surface area contributed by atoms with Gasteiger partial charge in [-0.25, -0.2) is 0 Å². The Morgan fingerprint density at radius 1 is 1.40 bits per heavy atom. The van der Waals surface area contributed by atoms with E-state index in [1.54, 1.807) is 0 Å². The highest BCUT2D eigenvalue weighted by Crippen LogP contribution is 2.30. The maximum Gasteiger partial charge on any atom is 0.0273 e. The van der Waals surface area contributed by atoms with Gasteiger partial charge in [0.15, 0.2) is 0 Å². The van der Waals surface area contributed by atoms with Crippen LogP contribution in [0.15, 0.2) is 17.7 Å². The molecule has 1 atom stereocenters. The second kappa shape index (κ2) is 4.50. The molecule has 0 spiro atoms. The second-order valence-electron chi connectivity index (χ2n) is 5.13. The zero-order chi connectivity index (χ0) is 11.6. The minimum atomic E-state index is 0.144. The van der Waals surface area contributed by atoms with Crippen LogP contribution in [0.25, 0.3) is 6.08 Å². The minimum absolute atomic E-state index is 0.144. The molecule has 1 heterocycles. The summed E-state index contributed by atoms with van der Waals surface area (Å²) in [5.74, 6) is 0. The Morgan fingerprint density at radius 2 is 2.00 bits per heavy atom. The van der Waals surface area contributed by atoms with Crippen LogP contribution >= 0.6 is 11.3 Å². The number of hydrogen-bond acceptors (Lipinski definition) is 2. The maximum atomic E-state index is 5.81. The van der Waals surface area contributed by atoms with E-state index in [4.69, 9.17) is 5.73 Å². The molecule has 0 aromatic carbocycles. The van der Waals surface area contributed by atoms with Crippen LogP contribution in [-0.2, 0) is 5.41 Å². The third-order valence-electron chi connectivity index (χ3n) is 2.45. The van der Waals surface area contributed by atoms with Crippen molar-refractivity contribution < 1.29 is 0 Å². The van der Waals surface area contributed by atoms with Gasteiger partial charge in [0.25, 0.3) is 0 Å². The topological polar surface area (TPSA) is 26.0 Å².